The molecular weight excluding hydrogens is 776 g/mol. The van der Waals surface area contributed by atoms with Crippen molar-refractivity contribution in [3.8, 4) is 28.0 Å². The summed E-state index contributed by atoms with van der Waals surface area (Å²) in [6, 6.07) is 28.2. The Balaban J connectivity index is 0.000000581. The average molecular weight is 839 g/mol. The van der Waals surface area contributed by atoms with E-state index in [2.05, 4.69) is 120 Å². The summed E-state index contributed by atoms with van der Waals surface area (Å²) in [7, 11) is -3.10. The number of hydrogen-bond donors (Lipinski definition) is 1. The summed E-state index contributed by atoms with van der Waals surface area (Å²) < 4.78 is 33.4. The SMILES string of the molecule is COc1ccc(C)c(-c2c(C(C)C)cc(C(C)C)cc2C(C)C)c1[PH+](C(C)(C)C)C(C)(C)C.CS(=O)(=O)[O-].Nc1ccccc1-c1[c-]cccc1.[Pd+2]. The molecule has 0 aromatic heterocycles. The molecule has 0 bridgehead atoms. The number of nitrogen functional groups attached to an aromatic ring is 1. The van der Waals surface area contributed by atoms with Crippen molar-refractivity contribution >= 4 is 29.0 Å². The number of methoxy groups -OCH3 is 1. The van der Waals surface area contributed by atoms with Gasteiger partial charge in [-0.15, -0.1) is 35.9 Å². The van der Waals surface area contributed by atoms with E-state index in [-0.39, 0.29) is 30.7 Å². The van der Waals surface area contributed by atoms with Crippen LogP contribution in [0, 0.1) is 13.0 Å². The quantitative estimate of drug-likeness (QED) is 0.0658. The molecule has 0 aliphatic heterocycles. The zero-order valence-corrected chi connectivity index (χ0v) is 37.5. The van der Waals surface area contributed by atoms with Gasteiger partial charge in [0.1, 0.15) is 5.30 Å². The third kappa shape index (κ3) is 13.4. The minimum absolute atomic E-state index is 0. The van der Waals surface area contributed by atoms with Gasteiger partial charge in [0.25, 0.3) is 0 Å². The van der Waals surface area contributed by atoms with Crippen LogP contribution in [-0.2, 0) is 30.5 Å². The zero-order chi connectivity index (χ0) is 39.1. The Morgan fingerprint density at radius 2 is 1.25 bits per heavy atom. The van der Waals surface area contributed by atoms with E-state index >= 15 is 0 Å². The Labute approximate surface area is 331 Å². The monoisotopic (exact) mass is 838 g/mol. The van der Waals surface area contributed by atoms with Crippen LogP contribution in [0.2, 0.25) is 0 Å². The van der Waals surface area contributed by atoms with Crippen molar-refractivity contribution in [3.05, 3.63) is 101 Å². The van der Waals surface area contributed by atoms with Gasteiger partial charge in [-0.1, -0.05) is 83.5 Å². The van der Waals surface area contributed by atoms with Gasteiger partial charge < -0.3 is 15.0 Å². The van der Waals surface area contributed by atoms with Crippen LogP contribution in [0.4, 0.5) is 5.69 Å². The first kappa shape index (κ1) is 47.5. The molecule has 0 heterocycles. The molecular formula is C44H63NO4PPdS+. The first-order valence-electron chi connectivity index (χ1n) is 17.9. The number of benzene rings is 4. The molecule has 0 aliphatic carbocycles. The second kappa shape index (κ2) is 19.7. The maximum Gasteiger partial charge on any atom is 2.00 e. The summed E-state index contributed by atoms with van der Waals surface area (Å²) in [5.74, 6) is 2.49. The van der Waals surface area contributed by atoms with E-state index in [1.54, 1.807) is 0 Å². The predicted molar refractivity (Wildman–Crippen MR) is 224 cm³/mol. The largest absolute Gasteiger partial charge is 2.00 e. The van der Waals surface area contributed by atoms with E-state index in [0.717, 1.165) is 22.6 Å². The summed E-state index contributed by atoms with van der Waals surface area (Å²) >= 11 is 0. The van der Waals surface area contributed by atoms with Crippen molar-refractivity contribution in [2.75, 3.05) is 19.1 Å². The second-order valence-electron chi connectivity index (χ2n) is 16.3. The fourth-order valence-electron chi connectivity index (χ4n) is 6.85. The van der Waals surface area contributed by atoms with Crippen molar-refractivity contribution in [2.45, 2.75) is 118 Å². The van der Waals surface area contributed by atoms with Gasteiger partial charge in [0.05, 0.1) is 27.5 Å². The van der Waals surface area contributed by atoms with Gasteiger partial charge in [-0.05, 0) is 112 Å². The van der Waals surface area contributed by atoms with E-state index < -0.39 is 18.0 Å². The van der Waals surface area contributed by atoms with Crippen LogP contribution in [-0.4, -0.2) is 36.6 Å². The smallest absolute Gasteiger partial charge is 0.748 e. The molecule has 0 amide bonds. The molecule has 4 aromatic rings. The van der Waals surface area contributed by atoms with Crippen LogP contribution in [0.15, 0.2) is 72.8 Å². The van der Waals surface area contributed by atoms with Crippen molar-refractivity contribution in [3.63, 3.8) is 0 Å². The number of para-hydroxylation sites is 1. The van der Waals surface area contributed by atoms with E-state index in [4.69, 9.17) is 23.4 Å². The van der Waals surface area contributed by atoms with Gasteiger partial charge in [0.15, 0.2) is 5.75 Å². The van der Waals surface area contributed by atoms with Crippen molar-refractivity contribution in [1.29, 1.82) is 0 Å². The Hall–Kier alpha value is -2.52. The van der Waals surface area contributed by atoms with Gasteiger partial charge in [-0.2, -0.15) is 0 Å². The zero-order valence-electron chi connectivity index (χ0n) is 34.1. The summed E-state index contributed by atoms with van der Waals surface area (Å²) in [6.45, 7) is 30.9. The third-order valence-electron chi connectivity index (χ3n) is 8.69. The number of rotatable bonds is 7. The molecule has 0 atom stereocenters. The number of nitrogens with two attached hydrogens (primary N) is 1. The molecule has 4 rings (SSSR count). The van der Waals surface area contributed by atoms with Crippen LogP contribution in [0.25, 0.3) is 22.3 Å². The van der Waals surface area contributed by atoms with Crippen molar-refractivity contribution in [2.24, 2.45) is 0 Å². The standard InChI is InChI=1S/C31H49OP.C12H10N.CH4O3S.Pd/c1-19(2)23-17-24(20(3)4)28(25(18-23)21(5)6)27-22(7)15-16-26(32-14)29(27)33(30(8,9)10)31(11,12)13;13-12-9-5-4-8-11(12)10-6-2-1-3-7-10;1-5(2,3)4;/h15-21H,1-14H3;1-6,8-9H,13H2;1H3,(H,2,3,4);/q;-1;;+2. The molecule has 8 heteroatoms. The van der Waals surface area contributed by atoms with Crippen LogP contribution in [0.1, 0.15) is 123 Å². The molecule has 0 spiro atoms. The van der Waals surface area contributed by atoms with E-state index in [1.807, 2.05) is 55.6 Å². The topological polar surface area (TPSA) is 92.5 Å². The first-order valence-corrected chi connectivity index (χ1v) is 21.2. The minimum Gasteiger partial charge on any atom is -0.748 e. The molecule has 0 fully saturated rings. The van der Waals surface area contributed by atoms with E-state index in [1.165, 1.54) is 38.7 Å². The molecule has 0 aliphatic rings. The maximum absolute atomic E-state index is 9.08. The Morgan fingerprint density at radius 1 is 0.769 bits per heavy atom. The Kier molecular flexibility index (Phi) is 18.0. The van der Waals surface area contributed by atoms with Gasteiger partial charge in [-0.3, -0.25) is 0 Å². The van der Waals surface area contributed by atoms with Crippen LogP contribution < -0.4 is 15.8 Å². The van der Waals surface area contributed by atoms with Gasteiger partial charge in [0, 0.05) is 19.7 Å². The van der Waals surface area contributed by atoms with E-state index in [9.17, 15) is 0 Å². The average Bonchev–Trinajstić information content (AvgIpc) is 2.99. The molecule has 288 valence electrons. The van der Waals surface area contributed by atoms with E-state index in [0.29, 0.717) is 24.0 Å². The number of ether oxygens (including phenoxy) is 1. The van der Waals surface area contributed by atoms with Crippen molar-refractivity contribution in [1.82, 2.24) is 0 Å². The molecule has 0 saturated heterocycles. The van der Waals surface area contributed by atoms with Crippen LogP contribution >= 0.6 is 7.92 Å². The minimum atomic E-state index is -3.92. The molecule has 0 saturated carbocycles. The summed E-state index contributed by atoms with van der Waals surface area (Å²) in [5, 5.41) is 1.85. The number of anilines is 1. The van der Waals surface area contributed by atoms with Crippen LogP contribution in [0.5, 0.6) is 5.75 Å². The summed E-state index contributed by atoms with van der Waals surface area (Å²) in [4.78, 5) is 0. The summed E-state index contributed by atoms with van der Waals surface area (Å²) in [6.07, 6.45) is 0.604. The third-order valence-corrected chi connectivity index (χ3v) is 12.7. The fourth-order valence-corrected chi connectivity index (χ4v) is 11.6. The Morgan fingerprint density at radius 3 is 1.63 bits per heavy atom. The molecule has 52 heavy (non-hydrogen) atoms. The Bertz CT molecular complexity index is 1790. The first-order chi connectivity index (χ1) is 23.4. The predicted octanol–water partition coefficient (Wildman–Crippen LogP) is 11.4. The molecule has 0 unspecified atom stereocenters. The number of hydrogen-bond acceptors (Lipinski definition) is 5. The fraction of sp³-hybridized carbons (Fsp3) is 0.455. The normalized spacial score (nSPS) is 11.8. The molecule has 2 N–H and O–H groups in total. The molecule has 0 radical (unpaired) electrons. The van der Waals surface area contributed by atoms with Gasteiger partial charge in [-0.25, -0.2) is 8.42 Å². The van der Waals surface area contributed by atoms with Crippen molar-refractivity contribution < 1.29 is 38.1 Å². The van der Waals surface area contributed by atoms with Crippen LogP contribution in [0.3, 0.4) is 0 Å². The second-order valence-corrected chi connectivity index (χ2v) is 22.0. The van der Waals surface area contributed by atoms with Gasteiger partial charge in [0.2, 0.25) is 0 Å². The number of aryl methyl sites for hydroxylation is 1. The summed E-state index contributed by atoms with van der Waals surface area (Å²) in [5.41, 5.74) is 17.4. The maximum atomic E-state index is 9.08. The molecule has 5 nitrogen and oxygen atoms in total. The van der Waals surface area contributed by atoms with Gasteiger partial charge >= 0.3 is 20.4 Å². The molecule has 4 aromatic carbocycles.